The van der Waals surface area contributed by atoms with Crippen LogP contribution >= 0.6 is 0 Å². The van der Waals surface area contributed by atoms with Gasteiger partial charge in [-0.1, -0.05) is 0 Å². The fourth-order valence-electron chi connectivity index (χ4n) is 4.20. The smallest absolute Gasteiger partial charge is 0.312 e. The van der Waals surface area contributed by atoms with E-state index in [-0.39, 0.29) is 25.2 Å². The van der Waals surface area contributed by atoms with Gasteiger partial charge in [0.15, 0.2) is 11.5 Å². The summed E-state index contributed by atoms with van der Waals surface area (Å²) in [5, 5.41) is 16.6. The molecule has 2 aromatic rings. The Morgan fingerprint density at radius 1 is 1.06 bits per heavy atom. The molecular weight excluding hydrogens is 408 g/mol. The zero-order valence-corrected chi connectivity index (χ0v) is 18.2. The van der Waals surface area contributed by atoms with E-state index in [0.717, 1.165) is 0 Å². The summed E-state index contributed by atoms with van der Waals surface area (Å²) in [7, 11) is 5.94. The Kier molecular flexibility index (Phi) is 6.61. The number of methoxy groups -OCH3 is 4. The molecule has 3 unspecified atom stereocenters. The molecule has 10 heteroatoms. The standard InChI is InChI=1S/C21H28N2O8/c1-21(26)10-12-17(19(24)23-22-12)16(18(21)20(25)31-7-6-27-2)11-8-14(29-4)15(30-5)9-13(11)28-3/h8-9,16,18,26H,6-7,10H2,1-5H3,(H2,22,23,24). The molecule has 3 N–H and O–H groups in total. The summed E-state index contributed by atoms with van der Waals surface area (Å²) >= 11 is 0. The molecule has 0 fully saturated rings. The summed E-state index contributed by atoms with van der Waals surface area (Å²) in [6.45, 7) is 1.78. The number of fused-ring (bicyclic) bond motifs is 1. The minimum atomic E-state index is -1.51. The number of hydrogen-bond donors (Lipinski definition) is 3. The van der Waals surface area contributed by atoms with Crippen LogP contribution in [0.3, 0.4) is 0 Å². The van der Waals surface area contributed by atoms with E-state index in [1.165, 1.54) is 28.4 Å². The van der Waals surface area contributed by atoms with E-state index in [1.807, 2.05) is 0 Å². The van der Waals surface area contributed by atoms with Crippen LogP contribution in [-0.2, 0) is 20.7 Å². The number of carbonyl (C=O) groups is 1. The van der Waals surface area contributed by atoms with Gasteiger partial charge in [0, 0.05) is 42.3 Å². The summed E-state index contributed by atoms with van der Waals surface area (Å²) in [5.74, 6) is -1.40. The summed E-state index contributed by atoms with van der Waals surface area (Å²) in [4.78, 5) is 25.9. The highest BCUT2D eigenvalue weighted by Crippen LogP contribution is 2.49. The molecule has 10 nitrogen and oxygen atoms in total. The van der Waals surface area contributed by atoms with Crippen LogP contribution in [0, 0.1) is 5.92 Å². The lowest BCUT2D eigenvalue weighted by atomic mass is 9.66. The van der Waals surface area contributed by atoms with Crippen LogP contribution in [-0.4, -0.2) is 68.5 Å². The molecule has 1 aliphatic carbocycles. The zero-order chi connectivity index (χ0) is 22.8. The number of aromatic nitrogens is 2. The molecule has 0 aliphatic heterocycles. The fraction of sp³-hybridized carbons (Fsp3) is 0.524. The lowest BCUT2D eigenvalue weighted by Gasteiger charge is -2.40. The van der Waals surface area contributed by atoms with Gasteiger partial charge in [-0.15, -0.1) is 0 Å². The maximum Gasteiger partial charge on any atom is 0.312 e. The van der Waals surface area contributed by atoms with Gasteiger partial charge in [0.25, 0.3) is 5.56 Å². The van der Waals surface area contributed by atoms with Gasteiger partial charge in [0.05, 0.1) is 39.5 Å². The molecule has 1 aromatic heterocycles. The Balaban J connectivity index is 2.23. The van der Waals surface area contributed by atoms with Crippen molar-refractivity contribution in [2.45, 2.75) is 24.9 Å². The van der Waals surface area contributed by atoms with Gasteiger partial charge in [-0.25, -0.2) is 0 Å². The Morgan fingerprint density at radius 2 is 1.71 bits per heavy atom. The van der Waals surface area contributed by atoms with E-state index < -0.39 is 23.4 Å². The number of ether oxygens (including phenoxy) is 5. The second-order valence-electron chi connectivity index (χ2n) is 7.57. The Morgan fingerprint density at radius 3 is 2.32 bits per heavy atom. The number of esters is 1. The predicted octanol–water partition coefficient (Wildman–Crippen LogP) is 0.974. The van der Waals surface area contributed by atoms with Crippen molar-refractivity contribution in [2.24, 2.45) is 5.92 Å². The van der Waals surface area contributed by atoms with Crippen LogP contribution in [0.15, 0.2) is 16.9 Å². The molecular formula is C21H28N2O8. The largest absolute Gasteiger partial charge is 0.496 e. The maximum atomic E-state index is 13.1. The number of aliphatic hydroxyl groups is 1. The van der Waals surface area contributed by atoms with Gasteiger partial charge < -0.3 is 33.9 Å². The Hall–Kier alpha value is -2.98. The van der Waals surface area contributed by atoms with E-state index in [4.69, 9.17) is 23.7 Å². The second-order valence-corrected chi connectivity index (χ2v) is 7.57. The van der Waals surface area contributed by atoms with Crippen LogP contribution in [0.1, 0.15) is 29.7 Å². The molecule has 1 aromatic carbocycles. The van der Waals surface area contributed by atoms with Crippen LogP contribution in [0.2, 0.25) is 0 Å². The average molecular weight is 436 g/mol. The monoisotopic (exact) mass is 436 g/mol. The number of benzene rings is 1. The minimum Gasteiger partial charge on any atom is -0.496 e. The topological polar surface area (TPSA) is 132 Å². The normalized spacial score (nSPS) is 22.5. The highest BCUT2D eigenvalue weighted by atomic mass is 16.6. The first-order valence-electron chi connectivity index (χ1n) is 9.76. The molecule has 3 rings (SSSR count). The quantitative estimate of drug-likeness (QED) is 0.412. The number of rotatable bonds is 8. The van der Waals surface area contributed by atoms with Crippen molar-refractivity contribution in [2.75, 3.05) is 41.7 Å². The van der Waals surface area contributed by atoms with Crippen LogP contribution in [0.4, 0.5) is 0 Å². The Labute approximate surface area is 179 Å². The molecule has 0 amide bonds. The van der Waals surface area contributed by atoms with Gasteiger partial charge >= 0.3 is 5.97 Å². The van der Waals surface area contributed by atoms with Crippen molar-refractivity contribution in [3.8, 4) is 17.2 Å². The van der Waals surface area contributed by atoms with E-state index in [9.17, 15) is 14.7 Å². The number of H-pyrrole nitrogens is 2. The van der Waals surface area contributed by atoms with Crippen molar-refractivity contribution in [1.82, 2.24) is 10.2 Å². The molecule has 3 atom stereocenters. The van der Waals surface area contributed by atoms with Crippen molar-refractivity contribution < 1.29 is 33.6 Å². The van der Waals surface area contributed by atoms with Gasteiger partial charge in [-0.2, -0.15) is 0 Å². The average Bonchev–Trinajstić information content (AvgIpc) is 3.10. The van der Waals surface area contributed by atoms with E-state index in [1.54, 1.807) is 19.1 Å². The first-order valence-corrected chi connectivity index (χ1v) is 9.76. The maximum absolute atomic E-state index is 13.1. The lowest BCUT2D eigenvalue weighted by Crippen LogP contribution is -2.50. The van der Waals surface area contributed by atoms with Crippen LogP contribution in [0.5, 0.6) is 17.2 Å². The van der Waals surface area contributed by atoms with Gasteiger partial charge in [0.2, 0.25) is 0 Å². The third-order valence-corrected chi connectivity index (χ3v) is 5.60. The summed E-state index contributed by atoms with van der Waals surface area (Å²) in [6.07, 6.45) is 0.0667. The number of carbonyl (C=O) groups excluding carboxylic acids is 1. The molecule has 0 saturated carbocycles. The fourth-order valence-corrected chi connectivity index (χ4v) is 4.20. The van der Waals surface area contributed by atoms with Crippen LogP contribution < -0.4 is 19.8 Å². The lowest BCUT2D eigenvalue weighted by molar-refractivity contribution is -0.161. The van der Waals surface area contributed by atoms with Crippen molar-refractivity contribution in [3.63, 3.8) is 0 Å². The first kappa shape index (κ1) is 22.7. The summed E-state index contributed by atoms with van der Waals surface area (Å²) in [6, 6.07) is 3.26. The minimum absolute atomic E-state index is 0.0219. The highest BCUT2D eigenvalue weighted by molar-refractivity contribution is 5.77. The molecule has 0 spiro atoms. The first-order chi connectivity index (χ1) is 14.8. The molecule has 31 heavy (non-hydrogen) atoms. The van der Waals surface area contributed by atoms with Crippen molar-refractivity contribution >= 4 is 5.97 Å². The number of aromatic amines is 2. The summed E-state index contributed by atoms with van der Waals surface area (Å²) in [5.41, 5.74) is -0.559. The van der Waals surface area contributed by atoms with E-state index in [0.29, 0.717) is 34.1 Å². The van der Waals surface area contributed by atoms with Crippen LogP contribution in [0.25, 0.3) is 0 Å². The molecule has 0 saturated heterocycles. The van der Waals surface area contributed by atoms with Gasteiger partial charge in [-0.05, 0) is 13.0 Å². The van der Waals surface area contributed by atoms with E-state index in [2.05, 4.69) is 10.2 Å². The SMILES string of the molecule is COCCOC(=O)C1C(c2cc(OC)c(OC)cc2OC)c2c([nH][nH]c2=O)CC1(C)O. The van der Waals surface area contributed by atoms with E-state index >= 15 is 0 Å². The molecule has 0 bridgehead atoms. The van der Waals surface area contributed by atoms with Gasteiger partial charge in [-0.3, -0.25) is 14.7 Å². The third-order valence-electron chi connectivity index (χ3n) is 5.60. The van der Waals surface area contributed by atoms with Crippen molar-refractivity contribution in [3.05, 3.63) is 39.3 Å². The zero-order valence-electron chi connectivity index (χ0n) is 18.2. The molecule has 1 aliphatic rings. The second kappa shape index (κ2) is 9.03. The molecule has 170 valence electrons. The molecule has 0 radical (unpaired) electrons. The number of nitrogens with one attached hydrogen (secondary N) is 2. The van der Waals surface area contributed by atoms with Crippen molar-refractivity contribution in [1.29, 1.82) is 0 Å². The Bertz CT molecular complexity index is 994. The highest BCUT2D eigenvalue weighted by Gasteiger charge is 2.52. The third kappa shape index (κ3) is 4.13. The number of hydrogen-bond acceptors (Lipinski definition) is 8. The molecule has 1 heterocycles. The van der Waals surface area contributed by atoms with Gasteiger partial charge in [0.1, 0.15) is 12.4 Å². The summed E-state index contributed by atoms with van der Waals surface area (Å²) < 4.78 is 26.6. The predicted molar refractivity (Wildman–Crippen MR) is 110 cm³/mol.